The van der Waals surface area contributed by atoms with E-state index < -0.39 is 0 Å². The highest BCUT2D eigenvalue weighted by Gasteiger charge is 2.28. The third kappa shape index (κ3) is 4.37. The van der Waals surface area contributed by atoms with Gasteiger partial charge in [0, 0.05) is 49.3 Å². The van der Waals surface area contributed by atoms with E-state index in [2.05, 4.69) is 26.0 Å². The highest BCUT2D eigenvalue weighted by atomic mass is 35.5. The third-order valence-corrected chi connectivity index (χ3v) is 5.83. The number of hydrogen-bond acceptors (Lipinski definition) is 5. The molecule has 0 radical (unpaired) electrons. The Morgan fingerprint density at radius 3 is 2.93 bits per heavy atom. The van der Waals surface area contributed by atoms with Gasteiger partial charge in [-0.25, -0.2) is 9.67 Å². The van der Waals surface area contributed by atoms with Crippen molar-refractivity contribution < 1.29 is 9.59 Å². The van der Waals surface area contributed by atoms with Gasteiger partial charge in [0.15, 0.2) is 0 Å². The van der Waals surface area contributed by atoms with E-state index in [4.69, 9.17) is 11.6 Å². The molecule has 4 rings (SSSR count). The number of fused-ring (bicyclic) bond motifs is 1. The fourth-order valence-electron chi connectivity index (χ4n) is 4.16. The average molecular weight is 417 g/mol. The molecule has 2 aromatic rings. The first kappa shape index (κ1) is 19.7. The second kappa shape index (κ2) is 8.41. The molecule has 0 saturated heterocycles. The van der Waals surface area contributed by atoms with Crippen molar-refractivity contribution in [3.63, 3.8) is 0 Å². The molecule has 8 nitrogen and oxygen atoms in total. The van der Waals surface area contributed by atoms with Gasteiger partial charge in [-0.05, 0) is 31.7 Å². The van der Waals surface area contributed by atoms with E-state index in [0.29, 0.717) is 17.3 Å². The minimum absolute atomic E-state index is 0.0516. The van der Waals surface area contributed by atoms with Gasteiger partial charge in [0.25, 0.3) is 0 Å². The predicted molar refractivity (Wildman–Crippen MR) is 112 cm³/mol. The van der Waals surface area contributed by atoms with Crippen molar-refractivity contribution in [2.75, 3.05) is 17.2 Å². The molecule has 1 saturated carbocycles. The molecule has 3 heterocycles. The maximum Gasteiger partial charge on any atom is 0.228 e. The summed E-state index contributed by atoms with van der Waals surface area (Å²) in [6.07, 6.45) is 7.65. The van der Waals surface area contributed by atoms with Crippen molar-refractivity contribution in [3.8, 4) is 11.1 Å². The lowest BCUT2D eigenvalue weighted by atomic mass is 9.85. The number of amides is 2. The van der Waals surface area contributed by atoms with E-state index in [1.807, 2.05) is 4.68 Å². The van der Waals surface area contributed by atoms with E-state index >= 15 is 0 Å². The van der Waals surface area contributed by atoms with E-state index in [-0.39, 0.29) is 23.8 Å². The van der Waals surface area contributed by atoms with Gasteiger partial charge in [0.2, 0.25) is 11.8 Å². The van der Waals surface area contributed by atoms with Crippen LogP contribution in [0, 0.1) is 5.92 Å². The first-order valence-corrected chi connectivity index (χ1v) is 10.4. The summed E-state index contributed by atoms with van der Waals surface area (Å²) in [5.74, 6) is 1.13. The SMILES string of the molecule is CC(=O)NC1CCC[C@@H](C(=O)Nc2cc(-c3cnn4c3NCCC4)c(Cl)cn2)C1. The minimum Gasteiger partial charge on any atom is -0.370 e. The Kier molecular flexibility index (Phi) is 5.71. The van der Waals surface area contributed by atoms with Gasteiger partial charge in [0.05, 0.1) is 11.2 Å². The van der Waals surface area contributed by atoms with Crippen LogP contribution in [-0.2, 0) is 16.1 Å². The van der Waals surface area contributed by atoms with E-state index in [9.17, 15) is 9.59 Å². The van der Waals surface area contributed by atoms with Gasteiger partial charge >= 0.3 is 0 Å². The summed E-state index contributed by atoms with van der Waals surface area (Å²) < 4.78 is 1.93. The molecule has 3 N–H and O–H groups in total. The second-order valence-corrected chi connectivity index (χ2v) is 8.12. The lowest BCUT2D eigenvalue weighted by Crippen LogP contribution is -2.40. The number of rotatable bonds is 4. The fourth-order valence-corrected chi connectivity index (χ4v) is 4.37. The molecule has 1 fully saturated rings. The van der Waals surface area contributed by atoms with Crippen molar-refractivity contribution in [3.05, 3.63) is 23.5 Å². The van der Waals surface area contributed by atoms with E-state index in [1.165, 1.54) is 6.92 Å². The molecule has 0 aromatic carbocycles. The Bertz CT molecular complexity index is 928. The highest BCUT2D eigenvalue weighted by Crippen LogP contribution is 2.35. The van der Waals surface area contributed by atoms with Crippen LogP contribution in [0.3, 0.4) is 0 Å². The van der Waals surface area contributed by atoms with Gasteiger partial charge in [0.1, 0.15) is 11.6 Å². The molecule has 0 bridgehead atoms. The quantitative estimate of drug-likeness (QED) is 0.711. The number of aryl methyl sites for hydroxylation is 1. The van der Waals surface area contributed by atoms with Crippen LogP contribution in [0.15, 0.2) is 18.5 Å². The van der Waals surface area contributed by atoms with Crippen molar-refractivity contribution >= 4 is 35.1 Å². The Labute approximate surface area is 174 Å². The monoisotopic (exact) mass is 416 g/mol. The summed E-state index contributed by atoms with van der Waals surface area (Å²) in [5, 5.41) is 14.2. The first-order valence-electron chi connectivity index (χ1n) is 10.0. The Morgan fingerprint density at radius 1 is 1.24 bits per heavy atom. The summed E-state index contributed by atoms with van der Waals surface area (Å²) in [6.45, 7) is 3.26. The summed E-state index contributed by atoms with van der Waals surface area (Å²) in [7, 11) is 0. The lowest BCUT2D eigenvalue weighted by molar-refractivity contribution is -0.123. The lowest BCUT2D eigenvalue weighted by Gasteiger charge is -2.28. The third-order valence-electron chi connectivity index (χ3n) is 5.53. The second-order valence-electron chi connectivity index (χ2n) is 7.71. The molecule has 2 amide bonds. The Hall–Kier alpha value is -2.61. The molecule has 2 atom stereocenters. The summed E-state index contributed by atoms with van der Waals surface area (Å²) in [5.41, 5.74) is 1.68. The summed E-state index contributed by atoms with van der Waals surface area (Å²) in [6, 6.07) is 1.85. The fraction of sp³-hybridized carbons (Fsp3) is 0.500. The number of anilines is 2. The van der Waals surface area contributed by atoms with Crippen LogP contribution in [-0.4, -0.2) is 39.2 Å². The summed E-state index contributed by atoms with van der Waals surface area (Å²) >= 11 is 6.40. The number of halogens is 1. The largest absolute Gasteiger partial charge is 0.370 e. The van der Waals surface area contributed by atoms with E-state index in [1.54, 1.807) is 18.5 Å². The Balaban J connectivity index is 1.50. The molecule has 154 valence electrons. The molecule has 1 aliphatic carbocycles. The van der Waals surface area contributed by atoms with Crippen molar-refractivity contribution in [2.45, 2.75) is 51.6 Å². The number of aromatic nitrogens is 3. The van der Waals surface area contributed by atoms with E-state index in [0.717, 1.165) is 55.7 Å². The van der Waals surface area contributed by atoms with Crippen LogP contribution in [0.4, 0.5) is 11.6 Å². The predicted octanol–water partition coefficient (Wildman–Crippen LogP) is 3.05. The smallest absolute Gasteiger partial charge is 0.228 e. The zero-order valence-electron chi connectivity index (χ0n) is 16.4. The average Bonchev–Trinajstić information content (AvgIpc) is 3.13. The van der Waals surface area contributed by atoms with Crippen molar-refractivity contribution in [1.29, 1.82) is 0 Å². The molecule has 1 unspecified atom stereocenters. The van der Waals surface area contributed by atoms with Crippen LogP contribution < -0.4 is 16.0 Å². The minimum atomic E-state index is -0.146. The Morgan fingerprint density at radius 2 is 2.10 bits per heavy atom. The van der Waals surface area contributed by atoms with Gasteiger partial charge < -0.3 is 16.0 Å². The molecular weight excluding hydrogens is 392 g/mol. The number of carbonyl (C=O) groups excluding carboxylic acids is 2. The topological polar surface area (TPSA) is 101 Å². The van der Waals surface area contributed by atoms with Gasteiger partial charge in [-0.1, -0.05) is 18.0 Å². The molecule has 9 heteroatoms. The normalized spacial score (nSPS) is 21.0. The van der Waals surface area contributed by atoms with Gasteiger partial charge in [-0.15, -0.1) is 0 Å². The molecule has 1 aliphatic heterocycles. The molecule has 0 spiro atoms. The number of hydrogen-bond donors (Lipinski definition) is 3. The van der Waals surface area contributed by atoms with Crippen molar-refractivity contribution in [1.82, 2.24) is 20.1 Å². The van der Waals surface area contributed by atoms with Gasteiger partial charge in [-0.3, -0.25) is 9.59 Å². The van der Waals surface area contributed by atoms with Crippen LogP contribution in [0.1, 0.15) is 39.0 Å². The maximum atomic E-state index is 12.8. The number of pyridine rings is 1. The van der Waals surface area contributed by atoms with Crippen LogP contribution >= 0.6 is 11.6 Å². The molecule has 2 aliphatic rings. The summed E-state index contributed by atoms with van der Waals surface area (Å²) in [4.78, 5) is 28.4. The molecular formula is C20H25ClN6O2. The van der Waals surface area contributed by atoms with Crippen LogP contribution in [0.5, 0.6) is 0 Å². The first-order chi connectivity index (χ1) is 14.0. The number of nitrogens with one attached hydrogen (secondary N) is 3. The zero-order chi connectivity index (χ0) is 20.4. The number of nitrogens with zero attached hydrogens (tertiary/aromatic N) is 3. The maximum absolute atomic E-state index is 12.8. The van der Waals surface area contributed by atoms with Gasteiger partial charge in [-0.2, -0.15) is 5.10 Å². The highest BCUT2D eigenvalue weighted by molar-refractivity contribution is 6.33. The number of carbonyl (C=O) groups is 2. The molecule has 29 heavy (non-hydrogen) atoms. The van der Waals surface area contributed by atoms with Crippen molar-refractivity contribution in [2.24, 2.45) is 5.92 Å². The standard InChI is InChI=1S/C20H25ClN6O2/c1-12(28)25-14-5-2-4-13(8-14)20(29)26-18-9-15(17(21)11-23-18)16-10-24-27-7-3-6-22-19(16)27/h9-11,13-14,22H,2-8H2,1H3,(H,25,28)(H,23,26,29)/t13-,14?/m1/s1. The zero-order valence-corrected chi connectivity index (χ0v) is 17.1. The van der Waals surface area contributed by atoms with Crippen LogP contribution in [0.2, 0.25) is 5.02 Å². The molecule has 2 aromatic heterocycles. The van der Waals surface area contributed by atoms with Crippen LogP contribution in [0.25, 0.3) is 11.1 Å².